The smallest absolute Gasteiger partial charge is 0.341 e. The number of carbonyl (C=O) groups is 1. The van der Waals surface area contributed by atoms with E-state index in [0.717, 1.165) is 5.69 Å². The van der Waals surface area contributed by atoms with Crippen LogP contribution in [0.5, 0.6) is 11.5 Å². The van der Waals surface area contributed by atoms with Crippen LogP contribution in [0.2, 0.25) is 0 Å². The molecule has 0 amide bonds. The number of nitrogens with one attached hydrogen (secondary N) is 1. The maximum Gasteiger partial charge on any atom is 0.341 e. The van der Waals surface area contributed by atoms with E-state index in [9.17, 15) is 4.79 Å². The number of methoxy groups -OCH3 is 2. The summed E-state index contributed by atoms with van der Waals surface area (Å²) in [5.41, 5.74) is 1.25. The molecule has 1 aromatic heterocycles. The first kappa shape index (κ1) is 13.0. The largest absolute Gasteiger partial charge is 0.493 e. The van der Waals surface area contributed by atoms with E-state index in [1.54, 1.807) is 18.2 Å². The van der Waals surface area contributed by atoms with Gasteiger partial charge in [-0.2, -0.15) is 0 Å². The lowest BCUT2D eigenvalue weighted by atomic mass is 10.2. The minimum Gasteiger partial charge on any atom is -0.493 e. The molecule has 0 aliphatic rings. The molecule has 2 rings (SSSR count). The Hall–Kier alpha value is -2.43. The van der Waals surface area contributed by atoms with E-state index in [4.69, 9.17) is 14.2 Å². The monoisotopic (exact) mass is 261 g/mol. The van der Waals surface area contributed by atoms with Crippen molar-refractivity contribution in [3.8, 4) is 11.5 Å². The molecular weight excluding hydrogens is 246 g/mol. The van der Waals surface area contributed by atoms with Gasteiger partial charge in [-0.1, -0.05) is 6.07 Å². The van der Waals surface area contributed by atoms with Crippen LogP contribution in [-0.4, -0.2) is 25.2 Å². The Morgan fingerprint density at radius 1 is 1.21 bits per heavy atom. The maximum absolute atomic E-state index is 11.7. The van der Waals surface area contributed by atoms with Crippen LogP contribution in [0.3, 0.4) is 0 Å². The lowest BCUT2D eigenvalue weighted by Gasteiger charge is -2.13. The van der Waals surface area contributed by atoms with Gasteiger partial charge in [-0.05, 0) is 24.3 Å². The fourth-order valence-corrected chi connectivity index (χ4v) is 1.70. The quantitative estimate of drug-likeness (QED) is 0.839. The highest BCUT2D eigenvalue weighted by atomic mass is 16.5. The molecule has 1 heterocycles. The highest BCUT2D eigenvalue weighted by Crippen LogP contribution is 2.32. The average Bonchev–Trinajstić information content (AvgIpc) is 2.97. The molecule has 0 aliphatic carbocycles. The van der Waals surface area contributed by atoms with Crippen molar-refractivity contribution in [2.45, 2.75) is 6.61 Å². The molecule has 5 nitrogen and oxygen atoms in total. The standard InChI is InChI=1S/C14H15NO4/c1-17-12-7-3-6-11(14(16)18-2)13(12)19-9-10-5-4-8-15-10/h3-8,15H,9H2,1-2H3. The van der Waals surface area contributed by atoms with Crippen LogP contribution < -0.4 is 9.47 Å². The van der Waals surface area contributed by atoms with E-state index < -0.39 is 5.97 Å². The molecular formula is C14H15NO4. The Morgan fingerprint density at radius 3 is 2.68 bits per heavy atom. The van der Waals surface area contributed by atoms with Crippen molar-refractivity contribution in [3.63, 3.8) is 0 Å². The predicted molar refractivity (Wildman–Crippen MR) is 69.5 cm³/mol. The number of aromatic amines is 1. The van der Waals surface area contributed by atoms with Gasteiger partial charge >= 0.3 is 5.97 Å². The molecule has 2 aromatic rings. The van der Waals surface area contributed by atoms with Crippen molar-refractivity contribution in [1.82, 2.24) is 4.98 Å². The van der Waals surface area contributed by atoms with Gasteiger partial charge in [-0.25, -0.2) is 4.79 Å². The summed E-state index contributed by atoms with van der Waals surface area (Å²) in [5, 5.41) is 0. The number of hydrogen-bond donors (Lipinski definition) is 1. The van der Waals surface area contributed by atoms with E-state index in [0.29, 0.717) is 23.7 Å². The SMILES string of the molecule is COC(=O)c1cccc(OC)c1OCc1ccc[nH]1. The first-order valence-corrected chi connectivity index (χ1v) is 5.76. The number of H-pyrrole nitrogens is 1. The van der Waals surface area contributed by atoms with Gasteiger partial charge in [-0.3, -0.25) is 0 Å². The zero-order valence-electron chi connectivity index (χ0n) is 10.8. The highest BCUT2D eigenvalue weighted by molar-refractivity contribution is 5.93. The molecule has 0 saturated heterocycles. The van der Waals surface area contributed by atoms with E-state index in [1.807, 2.05) is 18.3 Å². The van der Waals surface area contributed by atoms with Crippen molar-refractivity contribution in [2.24, 2.45) is 0 Å². The van der Waals surface area contributed by atoms with Crippen LogP contribution in [0.4, 0.5) is 0 Å². The number of ether oxygens (including phenoxy) is 3. The third-order valence-corrected chi connectivity index (χ3v) is 2.64. The number of para-hydroxylation sites is 1. The van der Waals surface area contributed by atoms with Crippen molar-refractivity contribution in [1.29, 1.82) is 0 Å². The van der Waals surface area contributed by atoms with Gasteiger partial charge in [0.2, 0.25) is 0 Å². The van der Waals surface area contributed by atoms with E-state index >= 15 is 0 Å². The van der Waals surface area contributed by atoms with Gasteiger partial charge in [0.1, 0.15) is 12.2 Å². The second kappa shape index (κ2) is 5.95. The molecule has 0 aliphatic heterocycles. The first-order chi connectivity index (χ1) is 9.26. The van der Waals surface area contributed by atoms with Crippen molar-refractivity contribution < 1.29 is 19.0 Å². The average molecular weight is 261 g/mol. The molecule has 1 aromatic carbocycles. The van der Waals surface area contributed by atoms with Crippen LogP contribution in [-0.2, 0) is 11.3 Å². The van der Waals surface area contributed by atoms with Gasteiger partial charge in [0.15, 0.2) is 11.5 Å². The fourth-order valence-electron chi connectivity index (χ4n) is 1.70. The van der Waals surface area contributed by atoms with Gasteiger partial charge in [0.05, 0.1) is 19.9 Å². The number of benzene rings is 1. The minimum absolute atomic E-state index is 0.317. The lowest BCUT2D eigenvalue weighted by molar-refractivity contribution is 0.0594. The van der Waals surface area contributed by atoms with Gasteiger partial charge in [-0.15, -0.1) is 0 Å². The van der Waals surface area contributed by atoms with Crippen LogP contribution in [0.25, 0.3) is 0 Å². The minimum atomic E-state index is -0.458. The summed E-state index contributed by atoms with van der Waals surface area (Å²) in [7, 11) is 2.86. The van der Waals surface area contributed by atoms with Gasteiger partial charge in [0.25, 0.3) is 0 Å². The van der Waals surface area contributed by atoms with Crippen molar-refractivity contribution in [3.05, 3.63) is 47.8 Å². The number of hydrogen-bond acceptors (Lipinski definition) is 4. The summed E-state index contributed by atoms with van der Waals surface area (Å²) < 4.78 is 15.6. The summed E-state index contributed by atoms with van der Waals surface area (Å²) in [6.45, 7) is 0.317. The van der Waals surface area contributed by atoms with Crippen molar-refractivity contribution in [2.75, 3.05) is 14.2 Å². The molecule has 19 heavy (non-hydrogen) atoms. The number of carbonyl (C=O) groups excluding carboxylic acids is 1. The Bertz CT molecular complexity index is 549. The molecule has 100 valence electrons. The summed E-state index contributed by atoms with van der Waals surface area (Å²) in [6.07, 6.45) is 1.81. The molecule has 0 radical (unpaired) electrons. The number of esters is 1. The second-order valence-electron chi connectivity index (χ2n) is 3.81. The number of rotatable bonds is 5. The molecule has 0 saturated carbocycles. The molecule has 1 N–H and O–H groups in total. The number of aromatic nitrogens is 1. The summed E-state index contributed by atoms with van der Waals surface area (Å²) >= 11 is 0. The molecule has 0 bridgehead atoms. The van der Waals surface area contributed by atoms with Gasteiger partial charge < -0.3 is 19.2 Å². The molecule has 0 atom stereocenters. The van der Waals surface area contributed by atoms with E-state index in [1.165, 1.54) is 14.2 Å². The first-order valence-electron chi connectivity index (χ1n) is 5.76. The van der Waals surface area contributed by atoms with Crippen molar-refractivity contribution >= 4 is 5.97 Å². The predicted octanol–water partition coefficient (Wildman–Crippen LogP) is 2.39. The van der Waals surface area contributed by atoms with Gasteiger partial charge in [0, 0.05) is 6.20 Å². The van der Waals surface area contributed by atoms with Crippen LogP contribution >= 0.6 is 0 Å². The summed E-state index contributed by atoms with van der Waals surface area (Å²) in [6, 6.07) is 8.86. The normalized spacial score (nSPS) is 10.0. The Morgan fingerprint density at radius 2 is 2.05 bits per heavy atom. The molecule has 5 heteroatoms. The third kappa shape index (κ3) is 2.88. The topological polar surface area (TPSA) is 60.6 Å². The van der Waals surface area contributed by atoms with Crippen LogP contribution in [0.15, 0.2) is 36.5 Å². The highest BCUT2D eigenvalue weighted by Gasteiger charge is 2.17. The Labute approximate surface area is 111 Å². The van der Waals surface area contributed by atoms with Crippen LogP contribution in [0.1, 0.15) is 16.1 Å². The summed E-state index contributed by atoms with van der Waals surface area (Å²) in [5.74, 6) is 0.418. The Balaban J connectivity index is 2.27. The zero-order valence-corrected chi connectivity index (χ0v) is 10.8. The lowest BCUT2D eigenvalue weighted by Crippen LogP contribution is -2.07. The van der Waals surface area contributed by atoms with Crippen LogP contribution in [0, 0.1) is 0 Å². The summed E-state index contributed by atoms with van der Waals surface area (Å²) in [4.78, 5) is 14.7. The molecule has 0 spiro atoms. The maximum atomic E-state index is 11.7. The van der Waals surface area contributed by atoms with E-state index in [2.05, 4.69) is 4.98 Å². The third-order valence-electron chi connectivity index (χ3n) is 2.64. The molecule has 0 fully saturated rings. The molecule has 0 unspecified atom stereocenters. The second-order valence-corrected chi connectivity index (χ2v) is 3.81. The zero-order chi connectivity index (χ0) is 13.7. The fraction of sp³-hybridized carbons (Fsp3) is 0.214. The van der Waals surface area contributed by atoms with E-state index in [-0.39, 0.29) is 0 Å². The Kier molecular flexibility index (Phi) is 4.07.